The molecule has 3 atom stereocenters. The molecule has 1 rings (SSSR count). The molecule has 0 bridgehead atoms. The molecule has 2 heteroatoms. The van der Waals surface area contributed by atoms with E-state index in [1.165, 1.54) is 6.42 Å². The Labute approximate surface area is 80.7 Å². The number of esters is 1. The highest BCUT2D eigenvalue weighted by molar-refractivity contribution is 5.72. The monoisotopic (exact) mass is 184 g/mol. The summed E-state index contributed by atoms with van der Waals surface area (Å²) in [4.78, 5) is 11.4. The number of carbonyl (C=O) groups excluding carboxylic acids is 1. The second-order valence-corrected chi connectivity index (χ2v) is 4.22. The van der Waals surface area contributed by atoms with Crippen molar-refractivity contribution in [2.75, 3.05) is 6.61 Å². The fraction of sp³-hybridized carbons (Fsp3) is 0.909. The summed E-state index contributed by atoms with van der Waals surface area (Å²) in [5, 5.41) is 0. The van der Waals surface area contributed by atoms with Crippen LogP contribution in [0.25, 0.3) is 0 Å². The van der Waals surface area contributed by atoms with Crippen molar-refractivity contribution in [1.29, 1.82) is 0 Å². The number of hydrogen-bond donors (Lipinski definition) is 0. The van der Waals surface area contributed by atoms with Crippen LogP contribution in [0.15, 0.2) is 0 Å². The van der Waals surface area contributed by atoms with Crippen LogP contribution >= 0.6 is 0 Å². The molecule has 1 aliphatic rings. The predicted molar refractivity (Wildman–Crippen MR) is 52.3 cm³/mol. The van der Waals surface area contributed by atoms with Crippen molar-refractivity contribution in [2.24, 2.45) is 17.8 Å². The molecule has 0 aromatic carbocycles. The summed E-state index contributed by atoms with van der Waals surface area (Å²) in [7, 11) is 0. The van der Waals surface area contributed by atoms with Gasteiger partial charge in [0.1, 0.15) is 0 Å². The Morgan fingerprint density at radius 2 is 2.00 bits per heavy atom. The van der Waals surface area contributed by atoms with E-state index in [9.17, 15) is 4.79 Å². The second-order valence-electron chi connectivity index (χ2n) is 4.22. The first-order valence-corrected chi connectivity index (χ1v) is 5.31. The molecule has 0 N–H and O–H groups in total. The largest absolute Gasteiger partial charge is 0.466 e. The summed E-state index contributed by atoms with van der Waals surface area (Å²) in [5.41, 5.74) is 0. The Hall–Kier alpha value is -0.530. The zero-order valence-electron chi connectivity index (χ0n) is 8.88. The van der Waals surface area contributed by atoms with Crippen molar-refractivity contribution in [3.8, 4) is 0 Å². The standard InChI is InChI=1S/C11H20O2/c1-4-13-11(12)10-6-5-8(2)9(3)7-10/h8-10H,4-7H2,1-3H3/t8?,9-,10+/m0/s1. The van der Waals surface area contributed by atoms with E-state index in [4.69, 9.17) is 4.74 Å². The SMILES string of the molecule is CCOC(=O)[C@@H]1CCC(C)[C@@H](C)C1. The zero-order chi connectivity index (χ0) is 9.84. The van der Waals surface area contributed by atoms with Gasteiger partial charge in [0.25, 0.3) is 0 Å². The van der Waals surface area contributed by atoms with Gasteiger partial charge in [0.2, 0.25) is 0 Å². The Bertz CT molecular complexity index is 177. The Balaban J connectivity index is 2.40. The zero-order valence-corrected chi connectivity index (χ0v) is 8.88. The van der Waals surface area contributed by atoms with E-state index in [0.717, 1.165) is 18.8 Å². The van der Waals surface area contributed by atoms with Crippen LogP contribution in [0.3, 0.4) is 0 Å². The summed E-state index contributed by atoms with van der Waals surface area (Å²) in [6.07, 6.45) is 3.20. The molecule has 0 saturated heterocycles. The van der Waals surface area contributed by atoms with Gasteiger partial charge in [-0.05, 0) is 38.0 Å². The lowest BCUT2D eigenvalue weighted by Crippen LogP contribution is -2.27. The molecular weight excluding hydrogens is 164 g/mol. The molecule has 0 aliphatic heterocycles. The third-order valence-corrected chi connectivity index (χ3v) is 3.22. The summed E-state index contributed by atoms with van der Waals surface area (Å²) in [6.45, 7) is 6.88. The first-order valence-electron chi connectivity index (χ1n) is 5.31. The van der Waals surface area contributed by atoms with Gasteiger partial charge in [-0.1, -0.05) is 13.8 Å². The van der Waals surface area contributed by atoms with Crippen LogP contribution < -0.4 is 0 Å². The quantitative estimate of drug-likeness (QED) is 0.617. The number of rotatable bonds is 2. The number of carbonyl (C=O) groups is 1. The second kappa shape index (κ2) is 4.64. The van der Waals surface area contributed by atoms with Crippen LogP contribution in [0.5, 0.6) is 0 Å². The van der Waals surface area contributed by atoms with Crippen LogP contribution in [0.1, 0.15) is 40.0 Å². The molecule has 1 aliphatic carbocycles. The van der Waals surface area contributed by atoms with Gasteiger partial charge in [0.05, 0.1) is 12.5 Å². The first kappa shape index (κ1) is 10.6. The highest BCUT2D eigenvalue weighted by atomic mass is 16.5. The Kier molecular flexibility index (Phi) is 3.76. The molecule has 0 aromatic heterocycles. The molecule has 13 heavy (non-hydrogen) atoms. The van der Waals surface area contributed by atoms with Gasteiger partial charge in [0, 0.05) is 0 Å². The number of hydrogen-bond acceptors (Lipinski definition) is 2. The van der Waals surface area contributed by atoms with E-state index in [1.807, 2.05) is 6.92 Å². The van der Waals surface area contributed by atoms with Gasteiger partial charge in [-0.2, -0.15) is 0 Å². The molecule has 1 saturated carbocycles. The summed E-state index contributed by atoms with van der Waals surface area (Å²) >= 11 is 0. The molecular formula is C11H20O2. The third kappa shape index (κ3) is 2.71. The van der Waals surface area contributed by atoms with Crippen LogP contribution in [0.4, 0.5) is 0 Å². The summed E-state index contributed by atoms with van der Waals surface area (Å²) < 4.78 is 5.03. The van der Waals surface area contributed by atoms with Crippen LogP contribution in [0, 0.1) is 17.8 Å². The molecule has 2 nitrogen and oxygen atoms in total. The predicted octanol–water partition coefficient (Wildman–Crippen LogP) is 2.62. The maximum absolute atomic E-state index is 11.4. The highest BCUT2D eigenvalue weighted by Gasteiger charge is 2.29. The van der Waals surface area contributed by atoms with Crippen molar-refractivity contribution in [1.82, 2.24) is 0 Å². The van der Waals surface area contributed by atoms with E-state index in [1.54, 1.807) is 0 Å². The van der Waals surface area contributed by atoms with E-state index < -0.39 is 0 Å². The van der Waals surface area contributed by atoms with Crippen molar-refractivity contribution >= 4 is 5.97 Å². The van der Waals surface area contributed by atoms with Crippen LogP contribution in [-0.4, -0.2) is 12.6 Å². The molecule has 0 heterocycles. The average molecular weight is 184 g/mol. The average Bonchev–Trinajstić information content (AvgIpc) is 2.10. The van der Waals surface area contributed by atoms with E-state index in [0.29, 0.717) is 12.5 Å². The number of ether oxygens (including phenoxy) is 1. The minimum absolute atomic E-state index is 0.0150. The molecule has 1 unspecified atom stereocenters. The fourth-order valence-corrected chi connectivity index (χ4v) is 2.02. The topological polar surface area (TPSA) is 26.3 Å². The van der Waals surface area contributed by atoms with Crippen molar-refractivity contribution < 1.29 is 9.53 Å². The van der Waals surface area contributed by atoms with Crippen molar-refractivity contribution in [3.63, 3.8) is 0 Å². The van der Waals surface area contributed by atoms with Gasteiger partial charge in [0.15, 0.2) is 0 Å². The van der Waals surface area contributed by atoms with Gasteiger partial charge >= 0.3 is 5.97 Å². The molecule has 0 aromatic rings. The Morgan fingerprint density at radius 3 is 2.54 bits per heavy atom. The van der Waals surface area contributed by atoms with E-state index >= 15 is 0 Å². The van der Waals surface area contributed by atoms with Crippen LogP contribution in [-0.2, 0) is 9.53 Å². The summed E-state index contributed by atoms with van der Waals surface area (Å²) in [5.74, 6) is 1.63. The van der Waals surface area contributed by atoms with Crippen LogP contribution in [0.2, 0.25) is 0 Å². The molecule has 0 spiro atoms. The normalized spacial score (nSPS) is 34.2. The molecule has 0 radical (unpaired) electrons. The Morgan fingerprint density at radius 1 is 1.31 bits per heavy atom. The molecule has 0 amide bonds. The third-order valence-electron chi connectivity index (χ3n) is 3.22. The summed E-state index contributed by atoms with van der Waals surface area (Å²) in [6, 6.07) is 0. The maximum Gasteiger partial charge on any atom is 0.308 e. The van der Waals surface area contributed by atoms with Gasteiger partial charge in [-0.15, -0.1) is 0 Å². The minimum Gasteiger partial charge on any atom is -0.466 e. The van der Waals surface area contributed by atoms with Crippen molar-refractivity contribution in [3.05, 3.63) is 0 Å². The van der Waals surface area contributed by atoms with Gasteiger partial charge in [-0.25, -0.2) is 0 Å². The van der Waals surface area contributed by atoms with E-state index in [-0.39, 0.29) is 11.9 Å². The van der Waals surface area contributed by atoms with Gasteiger partial charge in [-0.3, -0.25) is 4.79 Å². The minimum atomic E-state index is 0.0150. The highest BCUT2D eigenvalue weighted by Crippen LogP contribution is 2.33. The lowest BCUT2D eigenvalue weighted by molar-refractivity contribution is -0.150. The van der Waals surface area contributed by atoms with Gasteiger partial charge < -0.3 is 4.74 Å². The van der Waals surface area contributed by atoms with Crippen molar-refractivity contribution in [2.45, 2.75) is 40.0 Å². The maximum atomic E-state index is 11.4. The smallest absolute Gasteiger partial charge is 0.308 e. The van der Waals surface area contributed by atoms with E-state index in [2.05, 4.69) is 13.8 Å². The lowest BCUT2D eigenvalue weighted by atomic mass is 9.76. The first-order chi connectivity index (χ1) is 6.15. The molecule has 76 valence electrons. The molecule has 1 fully saturated rings. The fourth-order valence-electron chi connectivity index (χ4n) is 2.02. The lowest BCUT2D eigenvalue weighted by Gasteiger charge is -2.30.